The number of hydrogen-bond acceptors (Lipinski definition) is 1. The Morgan fingerprint density at radius 3 is 2.41 bits per heavy atom. The summed E-state index contributed by atoms with van der Waals surface area (Å²) in [4.78, 5) is 0. The lowest BCUT2D eigenvalue weighted by Crippen LogP contribution is -1.90. The van der Waals surface area contributed by atoms with Gasteiger partial charge in [0.15, 0.2) is 0 Å². The topological polar surface area (TPSA) is 9.23 Å². The summed E-state index contributed by atoms with van der Waals surface area (Å²) < 4.78 is 6.82. The van der Waals surface area contributed by atoms with Gasteiger partial charge in [0.25, 0.3) is 0 Å². The van der Waals surface area contributed by atoms with E-state index in [0.717, 1.165) is 15.8 Å². The molecule has 0 aliphatic heterocycles. The van der Waals surface area contributed by atoms with E-state index in [-0.39, 0.29) is 0 Å². The van der Waals surface area contributed by atoms with Crippen LogP contribution in [0.4, 0.5) is 0 Å². The molecule has 2 aromatic carbocycles. The quantitative estimate of drug-likeness (QED) is 0.616. The summed E-state index contributed by atoms with van der Waals surface area (Å²) in [6.45, 7) is 0. The highest BCUT2D eigenvalue weighted by Gasteiger charge is 2.08. The molecule has 1 nitrogen and oxygen atoms in total. The Labute approximate surface area is 122 Å². The Bertz CT molecular complexity index is 511. The summed E-state index contributed by atoms with van der Waals surface area (Å²) in [6, 6.07) is 13.4. The summed E-state index contributed by atoms with van der Waals surface area (Å²) in [6.07, 6.45) is 0. The number of alkyl halides is 1. The largest absolute Gasteiger partial charge is 0.455 e. The standard InChI is InChI=1S/C13H9Br2ClO/c14-8-9-2-1-3-12(16)13(9)17-11-6-4-10(15)5-7-11/h1-7H,8H2. The van der Waals surface area contributed by atoms with Gasteiger partial charge in [-0.15, -0.1) is 0 Å². The zero-order valence-corrected chi connectivity index (χ0v) is 12.7. The third-order valence-corrected chi connectivity index (χ3v) is 3.66. The van der Waals surface area contributed by atoms with Gasteiger partial charge in [-0.25, -0.2) is 0 Å². The minimum Gasteiger partial charge on any atom is -0.455 e. The number of halogens is 3. The minimum atomic E-state index is 0.616. The van der Waals surface area contributed by atoms with Crippen molar-refractivity contribution < 1.29 is 4.74 Å². The van der Waals surface area contributed by atoms with Crippen molar-refractivity contribution in [1.82, 2.24) is 0 Å². The molecule has 0 aliphatic carbocycles. The average molecular weight is 376 g/mol. The third kappa shape index (κ3) is 3.24. The van der Waals surface area contributed by atoms with Crippen molar-refractivity contribution in [2.75, 3.05) is 0 Å². The van der Waals surface area contributed by atoms with E-state index in [1.54, 1.807) is 0 Å². The van der Waals surface area contributed by atoms with Crippen LogP contribution in [-0.4, -0.2) is 0 Å². The molecule has 0 heterocycles. The average Bonchev–Trinajstić information content (AvgIpc) is 2.34. The summed E-state index contributed by atoms with van der Waals surface area (Å²) in [7, 11) is 0. The Morgan fingerprint density at radius 2 is 1.76 bits per heavy atom. The molecule has 0 radical (unpaired) electrons. The predicted octanol–water partition coefficient (Wildman–Crippen LogP) is 5.79. The molecular formula is C13H9Br2ClO. The Kier molecular flexibility index (Phi) is 4.48. The zero-order valence-electron chi connectivity index (χ0n) is 8.79. The molecule has 0 saturated carbocycles. The number of hydrogen-bond donors (Lipinski definition) is 0. The highest BCUT2D eigenvalue weighted by molar-refractivity contribution is 9.10. The maximum atomic E-state index is 6.13. The van der Waals surface area contributed by atoms with Crippen LogP contribution in [0.15, 0.2) is 46.9 Å². The van der Waals surface area contributed by atoms with Gasteiger partial charge in [0.1, 0.15) is 11.5 Å². The van der Waals surface area contributed by atoms with Crippen LogP contribution in [0, 0.1) is 0 Å². The molecule has 4 heteroatoms. The van der Waals surface area contributed by atoms with E-state index in [2.05, 4.69) is 31.9 Å². The van der Waals surface area contributed by atoms with Crippen LogP contribution in [0.2, 0.25) is 5.02 Å². The molecule has 0 N–H and O–H groups in total. The first-order chi connectivity index (χ1) is 8.20. The second-order valence-corrected chi connectivity index (χ2v) is 5.30. The van der Waals surface area contributed by atoms with Crippen LogP contribution in [0.5, 0.6) is 11.5 Å². The second kappa shape index (κ2) is 5.89. The number of rotatable bonds is 3. The second-order valence-electron chi connectivity index (χ2n) is 3.42. The SMILES string of the molecule is Clc1cccc(CBr)c1Oc1ccc(Br)cc1. The summed E-state index contributed by atoms with van der Waals surface area (Å²) >= 11 is 12.9. The van der Waals surface area contributed by atoms with Gasteiger partial charge in [-0.1, -0.05) is 55.6 Å². The Hall–Kier alpha value is -0.510. The molecule has 0 spiro atoms. The van der Waals surface area contributed by atoms with E-state index in [0.29, 0.717) is 16.1 Å². The molecule has 0 bridgehead atoms. The molecule has 0 atom stereocenters. The predicted molar refractivity (Wildman–Crippen MR) is 78.3 cm³/mol. The lowest BCUT2D eigenvalue weighted by atomic mass is 10.2. The summed E-state index contributed by atoms with van der Waals surface area (Å²) in [5, 5.41) is 1.32. The van der Waals surface area contributed by atoms with E-state index in [1.807, 2.05) is 42.5 Å². The van der Waals surface area contributed by atoms with Gasteiger partial charge in [-0.05, 0) is 30.3 Å². The molecule has 17 heavy (non-hydrogen) atoms. The first-order valence-corrected chi connectivity index (χ1v) is 7.26. The molecule has 0 aliphatic rings. The van der Waals surface area contributed by atoms with Crippen LogP contribution in [0.25, 0.3) is 0 Å². The van der Waals surface area contributed by atoms with E-state index in [9.17, 15) is 0 Å². The maximum absolute atomic E-state index is 6.13. The Balaban J connectivity index is 2.32. The van der Waals surface area contributed by atoms with Crippen molar-refractivity contribution in [2.24, 2.45) is 0 Å². The van der Waals surface area contributed by atoms with E-state index in [4.69, 9.17) is 16.3 Å². The van der Waals surface area contributed by atoms with Gasteiger partial charge in [0.2, 0.25) is 0 Å². The van der Waals surface area contributed by atoms with Crippen molar-refractivity contribution in [3.05, 3.63) is 57.5 Å². The fourth-order valence-corrected chi connectivity index (χ4v) is 2.33. The zero-order chi connectivity index (χ0) is 12.3. The van der Waals surface area contributed by atoms with Crippen LogP contribution in [0.1, 0.15) is 5.56 Å². The lowest BCUT2D eigenvalue weighted by Gasteiger charge is -2.11. The van der Waals surface area contributed by atoms with Crippen molar-refractivity contribution in [3.8, 4) is 11.5 Å². The molecule has 0 amide bonds. The lowest BCUT2D eigenvalue weighted by molar-refractivity contribution is 0.479. The van der Waals surface area contributed by atoms with Gasteiger partial charge >= 0.3 is 0 Å². The minimum absolute atomic E-state index is 0.616. The molecule has 88 valence electrons. The molecular weight excluding hydrogens is 367 g/mol. The van der Waals surface area contributed by atoms with Crippen molar-refractivity contribution in [2.45, 2.75) is 5.33 Å². The van der Waals surface area contributed by atoms with Crippen LogP contribution in [-0.2, 0) is 5.33 Å². The van der Waals surface area contributed by atoms with Crippen LogP contribution in [0.3, 0.4) is 0 Å². The fraction of sp³-hybridized carbons (Fsp3) is 0.0769. The fourth-order valence-electron chi connectivity index (χ4n) is 1.39. The van der Waals surface area contributed by atoms with Gasteiger partial charge < -0.3 is 4.74 Å². The summed E-state index contributed by atoms with van der Waals surface area (Å²) in [5.41, 5.74) is 1.03. The highest BCUT2D eigenvalue weighted by Crippen LogP contribution is 2.34. The highest BCUT2D eigenvalue weighted by atomic mass is 79.9. The monoisotopic (exact) mass is 374 g/mol. The first-order valence-electron chi connectivity index (χ1n) is 4.97. The molecule has 0 unspecified atom stereocenters. The van der Waals surface area contributed by atoms with Gasteiger partial charge in [0, 0.05) is 15.4 Å². The number of benzene rings is 2. The van der Waals surface area contributed by atoms with E-state index >= 15 is 0 Å². The van der Waals surface area contributed by atoms with Gasteiger partial charge in [-0.3, -0.25) is 0 Å². The molecule has 2 aromatic rings. The summed E-state index contributed by atoms with van der Waals surface area (Å²) in [5.74, 6) is 1.47. The van der Waals surface area contributed by atoms with Crippen molar-refractivity contribution in [1.29, 1.82) is 0 Å². The molecule has 0 aromatic heterocycles. The maximum Gasteiger partial charge on any atom is 0.150 e. The number of para-hydroxylation sites is 1. The van der Waals surface area contributed by atoms with Crippen molar-refractivity contribution >= 4 is 43.5 Å². The van der Waals surface area contributed by atoms with E-state index in [1.165, 1.54) is 0 Å². The first kappa shape index (κ1) is 12.9. The Morgan fingerprint density at radius 1 is 1.06 bits per heavy atom. The molecule has 2 rings (SSSR count). The molecule has 0 saturated heterocycles. The van der Waals surface area contributed by atoms with Crippen LogP contribution >= 0.6 is 43.5 Å². The molecule has 0 fully saturated rings. The van der Waals surface area contributed by atoms with Gasteiger partial charge in [-0.2, -0.15) is 0 Å². The van der Waals surface area contributed by atoms with E-state index < -0.39 is 0 Å². The normalized spacial score (nSPS) is 10.3. The van der Waals surface area contributed by atoms with Gasteiger partial charge in [0.05, 0.1) is 5.02 Å². The number of ether oxygens (including phenoxy) is 1. The van der Waals surface area contributed by atoms with Crippen LogP contribution < -0.4 is 4.74 Å². The third-order valence-electron chi connectivity index (χ3n) is 2.23. The smallest absolute Gasteiger partial charge is 0.150 e. The van der Waals surface area contributed by atoms with Crippen molar-refractivity contribution in [3.63, 3.8) is 0 Å².